The van der Waals surface area contributed by atoms with Gasteiger partial charge in [-0.3, -0.25) is 14.2 Å². The van der Waals surface area contributed by atoms with E-state index in [9.17, 15) is 14.3 Å². The average Bonchev–Trinajstić information content (AvgIpc) is 2.48. The molecule has 6 nitrogen and oxygen atoms in total. The van der Waals surface area contributed by atoms with E-state index in [1.54, 1.807) is 31.4 Å². The molecule has 22 heavy (non-hydrogen) atoms. The molecule has 1 saturated heterocycles. The van der Waals surface area contributed by atoms with Crippen LogP contribution in [0.3, 0.4) is 0 Å². The van der Waals surface area contributed by atoms with Gasteiger partial charge in [-0.15, -0.1) is 0 Å². The molecule has 0 aliphatic carbocycles. The number of nitrogens with zero attached hydrogens (tertiary/aromatic N) is 1. The molecule has 7 heteroatoms. The van der Waals surface area contributed by atoms with Gasteiger partial charge in [-0.25, -0.2) is 5.06 Å². The summed E-state index contributed by atoms with van der Waals surface area (Å²) in [5, 5.41) is 1.32. The van der Waals surface area contributed by atoms with Gasteiger partial charge in [-0.1, -0.05) is 12.1 Å². The van der Waals surface area contributed by atoms with Crippen molar-refractivity contribution in [3.8, 4) is 5.75 Å². The molecular formula is C15H22NO5P. The predicted octanol–water partition coefficient (Wildman–Crippen LogP) is 2.58. The van der Waals surface area contributed by atoms with Crippen molar-refractivity contribution in [1.29, 1.82) is 0 Å². The standard InChI is InChI=1S/C15H22NO5P/c1-20-13-7-5-12(6-8-13)14(22(2,18)19)9-10-16-15(17)4-3-11-21-16/h5-8,14H,3-4,9-11H2,1-2H3,(H,18,19). The van der Waals surface area contributed by atoms with Crippen LogP contribution in [0.5, 0.6) is 5.75 Å². The van der Waals surface area contributed by atoms with E-state index in [1.165, 1.54) is 11.7 Å². The van der Waals surface area contributed by atoms with Crippen molar-refractivity contribution in [3.63, 3.8) is 0 Å². The number of methoxy groups -OCH3 is 1. The number of ether oxygens (including phenoxy) is 1. The predicted molar refractivity (Wildman–Crippen MR) is 83.0 cm³/mol. The number of carbonyl (C=O) groups is 1. The van der Waals surface area contributed by atoms with Crippen LogP contribution in [-0.2, 0) is 14.2 Å². The molecule has 0 radical (unpaired) electrons. The largest absolute Gasteiger partial charge is 0.497 e. The van der Waals surface area contributed by atoms with Crippen LogP contribution in [0.1, 0.15) is 30.5 Å². The quantitative estimate of drug-likeness (QED) is 0.813. The summed E-state index contributed by atoms with van der Waals surface area (Å²) in [5.41, 5.74) is 0.232. The maximum absolute atomic E-state index is 12.2. The van der Waals surface area contributed by atoms with Crippen LogP contribution < -0.4 is 4.74 Å². The monoisotopic (exact) mass is 327 g/mol. The molecule has 0 aromatic heterocycles. The molecule has 2 atom stereocenters. The van der Waals surface area contributed by atoms with Crippen molar-refractivity contribution >= 4 is 13.3 Å². The van der Waals surface area contributed by atoms with Gasteiger partial charge in [0.2, 0.25) is 13.3 Å². The number of benzene rings is 1. The van der Waals surface area contributed by atoms with E-state index >= 15 is 0 Å². The lowest BCUT2D eigenvalue weighted by molar-refractivity contribution is -0.198. The summed E-state index contributed by atoms with van der Waals surface area (Å²) in [6, 6.07) is 7.10. The Balaban J connectivity index is 2.09. The Labute approximate surface area is 130 Å². The van der Waals surface area contributed by atoms with Crippen molar-refractivity contribution in [2.45, 2.75) is 24.9 Å². The smallest absolute Gasteiger partial charge is 0.246 e. The van der Waals surface area contributed by atoms with Crippen molar-refractivity contribution in [2.24, 2.45) is 0 Å². The van der Waals surface area contributed by atoms with E-state index in [-0.39, 0.29) is 5.91 Å². The molecule has 1 heterocycles. The third-order valence-corrected chi connectivity index (χ3v) is 5.46. The summed E-state index contributed by atoms with van der Waals surface area (Å²) in [6.45, 7) is 2.18. The highest BCUT2D eigenvalue weighted by Gasteiger charge is 2.29. The number of hydrogen-bond acceptors (Lipinski definition) is 4. The zero-order valence-electron chi connectivity index (χ0n) is 12.9. The topological polar surface area (TPSA) is 76.1 Å². The number of amides is 1. The van der Waals surface area contributed by atoms with Crippen molar-refractivity contribution < 1.29 is 23.8 Å². The van der Waals surface area contributed by atoms with Crippen LogP contribution in [0, 0.1) is 0 Å². The second kappa shape index (κ2) is 7.27. The normalized spacial score (nSPS) is 19.6. The number of hydroxylamine groups is 2. The van der Waals surface area contributed by atoms with Crippen LogP contribution in [0.4, 0.5) is 0 Å². The number of carbonyl (C=O) groups excluding carboxylic acids is 1. The summed E-state index contributed by atoms with van der Waals surface area (Å²) in [5.74, 6) is 0.629. The summed E-state index contributed by atoms with van der Waals surface area (Å²) < 4.78 is 17.3. The SMILES string of the molecule is COc1ccc(C(CCN2OCCCC2=O)P(C)(=O)O)cc1. The van der Waals surface area contributed by atoms with Gasteiger partial charge >= 0.3 is 0 Å². The zero-order chi connectivity index (χ0) is 16.2. The minimum atomic E-state index is -3.34. The van der Waals surface area contributed by atoms with E-state index in [0.717, 1.165) is 12.0 Å². The van der Waals surface area contributed by atoms with E-state index in [4.69, 9.17) is 9.57 Å². The second-order valence-corrected chi connectivity index (χ2v) is 7.96. The molecule has 1 fully saturated rings. The first-order chi connectivity index (χ1) is 10.4. The fourth-order valence-electron chi connectivity index (χ4n) is 2.53. The van der Waals surface area contributed by atoms with Gasteiger partial charge in [0.15, 0.2) is 0 Å². The minimum Gasteiger partial charge on any atom is -0.497 e. The highest BCUT2D eigenvalue weighted by molar-refractivity contribution is 7.57. The summed E-state index contributed by atoms with van der Waals surface area (Å²) >= 11 is 0. The van der Waals surface area contributed by atoms with E-state index < -0.39 is 13.0 Å². The van der Waals surface area contributed by atoms with Crippen molar-refractivity contribution in [1.82, 2.24) is 5.06 Å². The lowest BCUT2D eigenvalue weighted by atomic mass is 10.1. The molecule has 122 valence electrons. The zero-order valence-corrected chi connectivity index (χ0v) is 13.8. The molecule has 1 aliphatic rings. The highest BCUT2D eigenvalue weighted by Crippen LogP contribution is 2.54. The highest BCUT2D eigenvalue weighted by atomic mass is 31.2. The summed E-state index contributed by atoms with van der Waals surface area (Å²) in [7, 11) is -1.77. The average molecular weight is 327 g/mol. The molecule has 1 aromatic carbocycles. The second-order valence-electron chi connectivity index (χ2n) is 5.45. The van der Waals surface area contributed by atoms with Crippen molar-refractivity contribution in [2.75, 3.05) is 26.9 Å². The first kappa shape index (κ1) is 17.0. The van der Waals surface area contributed by atoms with E-state index in [0.29, 0.717) is 31.7 Å². The van der Waals surface area contributed by atoms with E-state index in [1.807, 2.05) is 0 Å². The summed E-state index contributed by atoms with van der Waals surface area (Å²) in [4.78, 5) is 27.1. The minimum absolute atomic E-state index is 0.0661. The molecule has 1 aliphatic heterocycles. The Morgan fingerprint density at radius 3 is 2.64 bits per heavy atom. The van der Waals surface area contributed by atoms with Crippen LogP contribution in [0.2, 0.25) is 0 Å². The van der Waals surface area contributed by atoms with Gasteiger partial charge in [0.25, 0.3) is 0 Å². The molecule has 1 aromatic rings. The van der Waals surface area contributed by atoms with Crippen molar-refractivity contribution in [3.05, 3.63) is 29.8 Å². The van der Waals surface area contributed by atoms with Crippen LogP contribution in [0.25, 0.3) is 0 Å². The Hall–Kier alpha value is -1.36. The molecule has 2 rings (SSSR count). The van der Waals surface area contributed by atoms with Crippen LogP contribution in [-0.4, -0.2) is 42.8 Å². The first-order valence-electron chi connectivity index (χ1n) is 7.29. The third-order valence-electron chi connectivity index (χ3n) is 3.74. The van der Waals surface area contributed by atoms with Crippen LogP contribution >= 0.6 is 7.37 Å². The summed E-state index contributed by atoms with van der Waals surface area (Å²) in [6.07, 6.45) is 1.57. The maximum atomic E-state index is 12.2. The Kier molecular flexibility index (Phi) is 5.62. The molecule has 2 unspecified atom stereocenters. The molecule has 1 amide bonds. The molecule has 1 N–H and O–H groups in total. The Bertz CT molecular complexity index is 554. The number of rotatable bonds is 6. The Morgan fingerprint density at radius 2 is 2.09 bits per heavy atom. The third kappa shape index (κ3) is 4.32. The van der Waals surface area contributed by atoms with Gasteiger partial charge in [0, 0.05) is 19.6 Å². The van der Waals surface area contributed by atoms with Gasteiger partial charge in [-0.05, 0) is 30.5 Å². The Morgan fingerprint density at radius 1 is 1.41 bits per heavy atom. The lowest BCUT2D eigenvalue weighted by Crippen LogP contribution is -2.36. The van der Waals surface area contributed by atoms with Gasteiger partial charge in [0.05, 0.1) is 19.4 Å². The number of hydrogen-bond donors (Lipinski definition) is 1. The maximum Gasteiger partial charge on any atom is 0.246 e. The van der Waals surface area contributed by atoms with Gasteiger partial charge in [-0.2, -0.15) is 0 Å². The molecule has 0 saturated carbocycles. The fraction of sp³-hybridized carbons (Fsp3) is 0.533. The van der Waals surface area contributed by atoms with E-state index in [2.05, 4.69) is 0 Å². The molecule has 0 bridgehead atoms. The van der Waals surface area contributed by atoms with Gasteiger partial charge < -0.3 is 9.63 Å². The van der Waals surface area contributed by atoms with Crippen LogP contribution in [0.15, 0.2) is 24.3 Å². The lowest BCUT2D eigenvalue weighted by Gasteiger charge is -2.28. The molecular weight excluding hydrogens is 305 g/mol. The molecule has 0 spiro atoms. The fourth-order valence-corrected chi connectivity index (χ4v) is 3.85. The van der Waals surface area contributed by atoms with Gasteiger partial charge in [0.1, 0.15) is 5.75 Å². The first-order valence-corrected chi connectivity index (χ1v) is 9.46.